The molecule has 0 aliphatic carbocycles. The van der Waals surface area contributed by atoms with Crippen molar-refractivity contribution in [1.82, 2.24) is 10.2 Å². The van der Waals surface area contributed by atoms with Crippen LogP contribution in [0.1, 0.15) is 27.2 Å². The van der Waals surface area contributed by atoms with E-state index in [1.165, 1.54) is 6.26 Å². The standard InChI is InChI=1S/C10H20N2O3S/c1-5-9-11-8(3)10(13)12(9)7(2)6-16(4,14)15/h7-9,11H,5-6H2,1-4H3. The van der Waals surface area contributed by atoms with Crippen LogP contribution in [-0.4, -0.2) is 49.5 Å². The van der Waals surface area contributed by atoms with Crippen LogP contribution in [0.2, 0.25) is 0 Å². The van der Waals surface area contributed by atoms with E-state index in [0.717, 1.165) is 6.42 Å². The van der Waals surface area contributed by atoms with Crippen molar-refractivity contribution >= 4 is 15.7 Å². The molecule has 3 unspecified atom stereocenters. The molecule has 0 saturated carbocycles. The predicted octanol–water partition coefficient (Wildman–Crippen LogP) is -0.0241. The maximum atomic E-state index is 11.9. The van der Waals surface area contributed by atoms with Crippen LogP contribution in [0.3, 0.4) is 0 Å². The number of nitrogens with zero attached hydrogens (tertiary/aromatic N) is 1. The number of amides is 1. The van der Waals surface area contributed by atoms with Crippen LogP contribution in [0.15, 0.2) is 0 Å². The molecule has 1 amide bonds. The number of hydrogen-bond donors (Lipinski definition) is 1. The lowest BCUT2D eigenvalue weighted by atomic mass is 10.2. The summed E-state index contributed by atoms with van der Waals surface area (Å²) in [5, 5.41) is 3.15. The Morgan fingerprint density at radius 1 is 1.50 bits per heavy atom. The smallest absolute Gasteiger partial charge is 0.240 e. The summed E-state index contributed by atoms with van der Waals surface area (Å²) in [7, 11) is -3.06. The SMILES string of the molecule is CCC1NC(C)C(=O)N1C(C)CS(C)(=O)=O. The summed E-state index contributed by atoms with van der Waals surface area (Å²) in [5.41, 5.74) is 0. The highest BCUT2D eigenvalue weighted by atomic mass is 32.2. The van der Waals surface area contributed by atoms with Crippen LogP contribution in [0.25, 0.3) is 0 Å². The largest absolute Gasteiger partial charge is 0.322 e. The molecule has 0 aromatic rings. The van der Waals surface area contributed by atoms with Gasteiger partial charge >= 0.3 is 0 Å². The average Bonchev–Trinajstić information content (AvgIpc) is 2.40. The van der Waals surface area contributed by atoms with Gasteiger partial charge in [-0.2, -0.15) is 0 Å². The van der Waals surface area contributed by atoms with Gasteiger partial charge in [0.15, 0.2) is 0 Å². The number of rotatable bonds is 4. The molecule has 3 atom stereocenters. The van der Waals surface area contributed by atoms with E-state index in [4.69, 9.17) is 0 Å². The Labute approximate surface area is 97.1 Å². The lowest BCUT2D eigenvalue weighted by Crippen LogP contribution is -2.45. The normalized spacial score (nSPS) is 28.5. The molecule has 94 valence electrons. The second-order valence-corrected chi connectivity index (χ2v) is 6.68. The Bertz CT molecular complexity index is 366. The van der Waals surface area contributed by atoms with Crippen molar-refractivity contribution in [2.75, 3.05) is 12.0 Å². The quantitative estimate of drug-likeness (QED) is 0.759. The molecule has 6 heteroatoms. The molecule has 16 heavy (non-hydrogen) atoms. The first-order valence-corrected chi connectivity index (χ1v) is 7.58. The van der Waals surface area contributed by atoms with E-state index in [1.807, 2.05) is 6.92 Å². The maximum Gasteiger partial charge on any atom is 0.240 e. The van der Waals surface area contributed by atoms with Gasteiger partial charge in [0.05, 0.1) is 18.0 Å². The molecular formula is C10H20N2O3S. The van der Waals surface area contributed by atoms with E-state index in [2.05, 4.69) is 5.32 Å². The van der Waals surface area contributed by atoms with Crippen LogP contribution in [-0.2, 0) is 14.6 Å². The Balaban J connectivity index is 2.81. The molecular weight excluding hydrogens is 228 g/mol. The van der Waals surface area contributed by atoms with Gasteiger partial charge in [-0.1, -0.05) is 6.92 Å². The number of hydrogen-bond acceptors (Lipinski definition) is 4. The van der Waals surface area contributed by atoms with Gasteiger partial charge < -0.3 is 4.90 Å². The molecule has 0 aromatic heterocycles. The van der Waals surface area contributed by atoms with E-state index in [9.17, 15) is 13.2 Å². The van der Waals surface area contributed by atoms with Gasteiger partial charge in [0.25, 0.3) is 0 Å². The minimum absolute atomic E-state index is 0.0111. The average molecular weight is 248 g/mol. The van der Waals surface area contributed by atoms with E-state index >= 15 is 0 Å². The number of carbonyl (C=O) groups is 1. The first-order valence-electron chi connectivity index (χ1n) is 5.52. The van der Waals surface area contributed by atoms with Gasteiger partial charge in [-0.3, -0.25) is 10.1 Å². The minimum atomic E-state index is -3.06. The predicted molar refractivity (Wildman–Crippen MR) is 62.7 cm³/mol. The highest BCUT2D eigenvalue weighted by Crippen LogP contribution is 2.17. The van der Waals surface area contributed by atoms with Crippen LogP contribution in [0.4, 0.5) is 0 Å². The summed E-state index contributed by atoms with van der Waals surface area (Å²) >= 11 is 0. The lowest BCUT2D eigenvalue weighted by Gasteiger charge is -2.29. The fourth-order valence-corrected chi connectivity index (χ4v) is 3.21. The molecule has 0 aromatic carbocycles. The fraction of sp³-hybridized carbons (Fsp3) is 0.900. The molecule has 1 aliphatic heterocycles. The summed E-state index contributed by atoms with van der Waals surface area (Å²) in [6.07, 6.45) is 1.94. The molecule has 0 bridgehead atoms. The Kier molecular flexibility index (Phi) is 3.96. The zero-order chi connectivity index (χ0) is 12.5. The van der Waals surface area contributed by atoms with Gasteiger partial charge in [-0.25, -0.2) is 8.42 Å². The summed E-state index contributed by atoms with van der Waals surface area (Å²) in [6.45, 7) is 5.56. The third-order valence-corrected chi connectivity index (χ3v) is 3.90. The number of carbonyl (C=O) groups excluding carboxylic acids is 1. The molecule has 1 aliphatic rings. The van der Waals surface area contributed by atoms with Gasteiger partial charge in [0.1, 0.15) is 9.84 Å². The second-order valence-electron chi connectivity index (χ2n) is 4.50. The summed E-state index contributed by atoms with van der Waals surface area (Å²) in [4.78, 5) is 13.5. The second kappa shape index (κ2) is 4.71. The number of nitrogens with one attached hydrogen (secondary N) is 1. The Morgan fingerprint density at radius 2 is 2.06 bits per heavy atom. The fourth-order valence-electron chi connectivity index (χ4n) is 2.17. The lowest BCUT2D eigenvalue weighted by molar-refractivity contribution is -0.131. The molecule has 1 saturated heterocycles. The van der Waals surface area contributed by atoms with Crippen LogP contribution in [0.5, 0.6) is 0 Å². The van der Waals surface area contributed by atoms with E-state index in [0.29, 0.717) is 0 Å². The highest BCUT2D eigenvalue weighted by Gasteiger charge is 2.38. The van der Waals surface area contributed by atoms with Crippen molar-refractivity contribution in [2.45, 2.75) is 45.4 Å². The van der Waals surface area contributed by atoms with Gasteiger partial charge in [-0.05, 0) is 20.3 Å². The molecule has 1 fully saturated rings. The minimum Gasteiger partial charge on any atom is -0.322 e. The molecule has 1 N–H and O–H groups in total. The number of sulfone groups is 1. The third-order valence-electron chi connectivity index (χ3n) is 2.81. The summed E-state index contributed by atoms with van der Waals surface area (Å²) in [6, 6.07) is -0.489. The summed E-state index contributed by atoms with van der Waals surface area (Å²) in [5.74, 6) is 0.00639. The van der Waals surface area contributed by atoms with E-state index in [-0.39, 0.29) is 29.9 Å². The topological polar surface area (TPSA) is 66.5 Å². The van der Waals surface area contributed by atoms with Crippen LogP contribution < -0.4 is 5.32 Å². The zero-order valence-corrected chi connectivity index (χ0v) is 11.0. The first-order chi connectivity index (χ1) is 7.26. The van der Waals surface area contributed by atoms with Gasteiger partial charge in [-0.15, -0.1) is 0 Å². The van der Waals surface area contributed by atoms with E-state index < -0.39 is 9.84 Å². The molecule has 0 spiro atoms. The van der Waals surface area contributed by atoms with E-state index in [1.54, 1.807) is 18.7 Å². The van der Waals surface area contributed by atoms with Crippen molar-refractivity contribution < 1.29 is 13.2 Å². The van der Waals surface area contributed by atoms with Crippen molar-refractivity contribution in [1.29, 1.82) is 0 Å². The van der Waals surface area contributed by atoms with Crippen LogP contribution >= 0.6 is 0 Å². The van der Waals surface area contributed by atoms with Crippen LogP contribution in [0, 0.1) is 0 Å². The first kappa shape index (κ1) is 13.4. The van der Waals surface area contributed by atoms with Gasteiger partial charge in [0.2, 0.25) is 5.91 Å². The molecule has 1 heterocycles. The van der Waals surface area contributed by atoms with Crippen molar-refractivity contribution in [3.05, 3.63) is 0 Å². The molecule has 5 nitrogen and oxygen atoms in total. The maximum absolute atomic E-state index is 11.9. The third kappa shape index (κ3) is 2.95. The Hall–Kier alpha value is -0.620. The monoisotopic (exact) mass is 248 g/mol. The van der Waals surface area contributed by atoms with Gasteiger partial charge in [0, 0.05) is 12.3 Å². The van der Waals surface area contributed by atoms with Crippen molar-refractivity contribution in [3.8, 4) is 0 Å². The Morgan fingerprint density at radius 3 is 2.50 bits per heavy atom. The summed E-state index contributed by atoms with van der Waals surface area (Å²) < 4.78 is 22.4. The van der Waals surface area contributed by atoms with Crippen molar-refractivity contribution in [3.63, 3.8) is 0 Å². The molecule has 0 radical (unpaired) electrons. The van der Waals surface area contributed by atoms with Crippen molar-refractivity contribution in [2.24, 2.45) is 0 Å². The zero-order valence-electron chi connectivity index (χ0n) is 10.2. The molecule has 1 rings (SSSR count). The highest BCUT2D eigenvalue weighted by molar-refractivity contribution is 7.90.